The van der Waals surface area contributed by atoms with Gasteiger partial charge < -0.3 is 10.1 Å². The molecule has 0 aliphatic rings. The first kappa shape index (κ1) is 11.7. The van der Waals surface area contributed by atoms with Crippen LogP contribution < -0.4 is 0 Å². The third kappa shape index (κ3) is 2.47. The Labute approximate surface area is 102 Å². The zero-order valence-electron chi connectivity index (χ0n) is 8.87. The largest absolute Gasteiger partial charge is 0.481 e. The summed E-state index contributed by atoms with van der Waals surface area (Å²) in [7, 11) is 0. The highest BCUT2D eigenvalue weighted by Gasteiger charge is 2.13. The van der Waals surface area contributed by atoms with Gasteiger partial charge in [-0.25, -0.2) is 0 Å². The van der Waals surface area contributed by atoms with E-state index >= 15 is 0 Å². The molecule has 0 spiro atoms. The van der Waals surface area contributed by atoms with Crippen molar-refractivity contribution < 1.29 is 14.7 Å². The zero-order valence-corrected chi connectivity index (χ0v) is 9.62. The van der Waals surface area contributed by atoms with Crippen molar-refractivity contribution in [1.29, 1.82) is 0 Å². The number of H-pyrrole nitrogens is 1. The number of nitrogens with one attached hydrogen (secondary N) is 1. The first-order valence-electron chi connectivity index (χ1n) is 5.09. The lowest BCUT2D eigenvalue weighted by molar-refractivity contribution is -0.136. The third-order valence-electron chi connectivity index (χ3n) is 2.51. The highest BCUT2D eigenvalue weighted by molar-refractivity contribution is 6.31. The molecule has 0 bridgehead atoms. The predicted molar refractivity (Wildman–Crippen MR) is 64.5 cm³/mol. The van der Waals surface area contributed by atoms with Crippen molar-refractivity contribution in [3.8, 4) is 0 Å². The van der Waals surface area contributed by atoms with Gasteiger partial charge in [0.15, 0.2) is 5.78 Å². The van der Waals surface area contributed by atoms with E-state index in [1.54, 1.807) is 24.4 Å². The normalized spacial score (nSPS) is 10.6. The van der Waals surface area contributed by atoms with Crippen molar-refractivity contribution in [2.75, 3.05) is 0 Å². The number of carboxylic acid groups (broad SMARTS) is 1. The second kappa shape index (κ2) is 4.59. The summed E-state index contributed by atoms with van der Waals surface area (Å²) in [5.74, 6) is -1.15. The molecular formula is C12H10ClNO3. The maximum Gasteiger partial charge on any atom is 0.303 e. The van der Waals surface area contributed by atoms with Crippen LogP contribution in [-0.4, -0.2) is 21.8 Å². The number of carbonyl (C=O) groups excluding carboxylic acids is 1. The van der Waals surface area contributed by atoms with Gasteiger partial charge in [-0.2, -0.15) is 0 Å². The van der Waals surface area contributed by atoms with Crippen LogP contribution in [-0.2, 0) is 4.79 Å². The van der Waals surface area contributed by atoms with Crippen LogP contribution in [0.1, 0.15) is 23.2 Å². The van der Waals surface area contributed by atoms with E-state index in [-0.39, 0.29) is 18.6 Å². The number of aliphatic carboxylic acids is 1. The summed E-state index contributed by atoms with van der Waals surface area (Å²) in [5.41, 5.74) is 1.29. The molecule has 2 rings (SSSR count). The summed E-state index contributed by atoms with van der Waals surface area (Å²) < 4.78 is 0. The number of carboxylic acids is 1. The van der Waals surface area contributed by atoms with Crippen LogP contribution in [0.25, 0.3) is 10.9 Å². The Kier molecular flexibility index (Phi) is 3.15. The molecule has 2 aromatic rings. The smallest absolute Gasteiger partial charge is 0.303 e. The molecule has 4 nitrogen and oxygen atoms in total. The molecule has 0 radical (unpaired) electrons. The lowest BCUT2D eigenvalue weighted by Gasteiger charge is -1.97. The minimum atomic E-state index is -0.971. The van der Waals surface area contributed by atoms with Gasteiger partial charge >= 0.3 is 5.97 Å². The highest BCUT2D eigenvalue weighted by Crippen LogP contribution is 2.23. The fraction of sp³-hybridized carbons (Fsp3) is 0.167. The van der Waals surface area contributed by atoms with E-state index in [1.165, 1.54) is 0 Å². The van der Waals surface area contributed by atoms with Crippen LogP contribution >= 0.6 is 11.6 Å². The number of rotatable bonds is 4. The second-order valence-electron chi connectivity index (χ2n) is 3.71. The van der Waals surface area contributed by atoms with Crippen LogP contribution in [0.4, 0.5) is 0 Å². The monoisotopic (exact) mass is 251 g/mol. The van der Waals surface area contributed by atoms with E-state index < -0.39 is 5.97 Å². The number of hydrogen-bond acceptors (Lipinski definition) is 2. The molecule has 1 aromatic carbocycles. The van der Waals surface area contributed by atoms with Crippen LogP contribution in [0, 0.1) is 0 Å². The standard InChI is InChI=1S/C12H10ClNO3/c13-7-1-2-8-9(6-14-10(8)5-7)11(15)3-4-12(16)17/h1-2,5-6,14H,3-4H2,(H,16,17). The van der Waals surface area contributed by atoms with Crippen molar-refractivity contribution in [1.82, 2.24) is 4.98 Å². The lowest BCUT2D eigenvalue weighted by atomic mass is 10.1. The number of benzene rings is 1. The first-order chi connectivity index (χ1) is 8.08. The molecule has 0 saturated heterocycles. The van der Waals surface area contributed by atoms with Crippen molar-refractivity contribution in [2.24, 2.45) is 0 Å². The molecule has 0 saturated carbocycles. The lowest BCUT2D eigenvalue weighted by Crippen LogP contribution is -2.03. The summed E-state index contributed by atoms with van der Waals surface area (Å²) in [6.07, 6.45) is 1.44. The van der Waals surface area contributed by atoms with E-state index in [1.807, 2.05) is 0 Å². The SMILES string of the molecule is O=C(O)CCC(=O)c1c[nH]c2cc(Cl)ccc12. The topological polar surface area (TPSA) is 70.2 Å². The molecule has 0 aliphatic heterocycles. The Balaban J connectivity index is 2.29. The molecule has 0 atom stereocenters. The molecule has 0 amide bonds. The molecule has 2 N–H and O–H groups in total. The van der Waals surface area contributed by atoms with E-state index in [0.29, 0.717) is 10.6 Å². The summed E-state index contributed by atoms with van der Waals surface area (Å²) in [4.78, 5) is 25.1. The Morgan fingerprint density at radius 2 is 2.06 bits per heavy atom. The number of Topliss-reactive ketones (excluding diaryl/α,β-unsaturated/α-hetero) is 1. The second-order valence-corrected chi connectivity index (χ2v) is 4.15. The summed E-state index contributed by atoms with van der Waals surface area (Å²) in [6, 6.07) is 5.18. The molecule has 1 heterocycles. The van der Waals surface area contributed by atoms with Crippen molar-refractivity contribution in [3.63, 3.8) is 0 Å². The number of aromatic amines is 1. The van der Waals surface area contributed by atoms with Gasteiger partial charge in [-0.05, 0) is 12.1 Å². The fourth-order valence-corrected chi connectivity index (χ4v) is 1.86. The van der Waals surface area contributed by atoms with Gasteiger partial charge in [0.25, 0.3) is 0 Å². The Morgan fingerprint density at radius 1 is 1.29 bits per heavy atom. The Hall–Kier alpha value is -1.81. The molecule has 0 aliphatic carbocycles. The van der Waals surface area contributed by atoms with E-state index in [2.05, 4.69) is 4.98 Å². The average Bonchev–Trinajstić information content (AvgIpc) is 2.68. The first-order valence-corrected chi connectivity index (χ1v) is 5.47. The molecule has 17 heavy (non-hydrogen) atoms. The zero-order chi connectivity index (χ0) is 12.4. The van der Waals surface area contributed by atoms with Crippen LogP contribution in [0.5, 0.6) is 0 Å². The predicted octanol–water partition coefficient (Wildman–Crippen LogP) is 2.87. The molecule has 0 unspecified atom stereocenters. The Bertz CT molecular complexity index is 588. The van der Waals surface area contributed by atoms with Crippen molar-refractivity contribution in [3.05, 3.63) is 35.0 Å². The van der Waals surface area contributed by atoms with E-state index in [0.717, 1.165) is 10.9 Å². The van der Waals surface area contributed by atoms with Gasteiger partial charge in [0.05, 0.1) is 6.42 Å². The maximum absolute atomic E-state index is 11.8. The summed E-state index contributed by atoms with van der Waals surface area (Å²) >= 11 is 5.83. The summed E-state index contributed by atoms with van der Waals surface area (Å²) in [6.45, 7) is 0. The van der Waals surface area contributed by atoms with Crippen LogP contribution in [0.3, 0.4) is 0 Å². The molecule has 88 valence electrons. The van der Waals surface area contributed by atoms with Crippen LogP contribution in [0.15, 0.2) is 24.4 Å². The average molecular weight is 252 g/mol. The fourth-order valence-electron chi connectivity index (χ4n) is 1.68. The highest BCUT2D eigenvalue weighted by atomic mass is 35.5. The van der Waals surface area contributed by atoms with Crippen molar-refractivity contribution in [2.45, 2.75) is 12.8 Å². The minimum Gasteiger partial charge on any atom is -0.481 e. The Morgan fingerprint density at radius 3 is 2.76 bits per heavy atom. The molecular weight excluding hydrogens is 242 g/mol. The van der Waals surface area contributed by atoms with Crippen LogP contribution in [0.2, 0.25) is 5.02 Å². The molecule has 5 heteroatoms. The third-order valence-corrected chi connectivity index (χ3v) is 2.75. The number of halogens is 1. The molecule has 0 fully saturated rings. The van der Waals surface area contributed by atoms with Gasteiger partial charge in [0.1, 0.15) is 0 Å². The van der Waals surface area contributed by atoms with E-state index in [9.17, 15) is 9.59 Å². The maximum atomic E-state index is 11.8. The number of aromatic nitrogens is 1. The minimum absolute atomic E-state index is 0.00487. The van der Waals surface area contributed by atoms with Crippen molar-refractivity contribution >= 4 is 34.3 Å². The van der Waals surface area contributed by atoms with E-state index in [4.69, 9.17) is 16.7 Å². The number of ketones is 1. The van der Waals surface area contributed by atoms with Gasteiger partial charge in [-0.15, -0.1) is 0 Å². The van der Waals surface area contributed by atoms with Gasteiger partial charge in [0.2, 0.25) is 0 Å². The summed E-state index contributed by atoms with van der Waals surface area (Å²) in [5, 5.41) is 9.89. The number of fused-ring (bicyclic) bond motifs is 1. The quantitative estimate of drug-likeness (QED) is 0.821. The number of carbonyl (C=O) groups is 2. The van der Waals surface area contributed by atoms with Gasteiger partial charge in [0, 0.05) is 34.1 Å². The number of hydrogen-bond donors (Lipinski definition) is 2. The molecule has 1 aromatic heterocycles. The van der Waals surface area contributed by atoms with Gasteiger partial charge in [-0.3, -0.25) is 9.59 Å². The van der Waals surface area contributed by atoms with Gasteiger partial charge in [-0.1, -0.05) is 17.7 Å².